The van der Waals surface area contributed by atoms with Gasteiger partial charge in [-0.1, -0.05) is 56.9 Å². The zero-order valence-electron chi connectivity index (χ0n) is 14.7. The third-order valence-corrected chi connectivity index (χ3v) is 3.82. The van der Waals surface area contributed by atoms with E-state index < -0.39 is 0 Å². The minimum atomic E-state index is 0.890. The van der Waals surface area contributed by atoms with E-state index in [4.69, 9.17) is 4.42 Å². The Bertz CT molecular complexity index is 846. The maximum atomic E-state index is 6.13. The maximum absolute atomic E-state index is 6.13. The standard InChI is InChI=1S/C19H19NO.C2H6/c1-5-9-15-12(3)20-13(4)18(15)19-14(6-2)16-10-7-8-11-17(16)21-19;1-2/h5-11,20H,2H2,1,3-4H3;1-2H3/b9-5-;. The second-order valence-electron chi connectivity index (χ2n) is 5.21. The molecule has 2 heterocycles. The van der Waals surface area contributed by atoms with Gasteiger partial charge in [0.25, 0.3) is 0 Å². The maximum Gasteiger partial charge on any atom is 0.145 e. The van der Waals surface area contributed by atoms with Gasteiger partial charge in [-0.2, -0.15) is 0 Å². The fourth-order valence-electron chi connectivity index (χ4n) is 2.92. The lowest BCUT2D eigenvalue weighted by molar-refractivity contribution is 0.630. The molecule has 23 heavy (non-hydrogen) atoms. The number of rotatable bonds is 3. The van der Waals surface area contributed by atoms with E-state index in [1.54, 1.807) is 0 Å². The van der Waals surface area contributed by atoms with Gasteiger partial charge in [0, 0.05) is 33.5 Å². The van der Waals surface area contributed by atoms with Gasteiger partial charge in [-0.15, -0.1) is 0 Å². The quantitative estimate of drug-likeness (QED) is 0.570. The SMILES string of the molecule is C=Cc1c(-c2c(C)[nH]c(C)c2/C=C\C)oc2ccccc12.CC. The Balaban J connectivity index is 0.000000924. The predicted molar refractivity (Wildman–Crippen MR) is 102 cm³/mol. The van der Waals surface area contributed by atoms with E-state index in [9.17, 15) is 0 Å². The summed E-state index contributed by atoms with van der Waals surface area (Å²) >= 11 is 0. The van der Waals surface area contributed by atoms with Crippen LogP contribution in [0.5, 0.6) is 0 Å². The molecule has 0 aliphatic heterocycles. The number of aromatic amines is 1. The fourth-order valence-corrected chi connectivity index (χ4v) is 2.92. The van der Waals surface area contributed by atoms with Crippen molar-refractivity contribution in [2.45, 2.75) is 34.6 Å². The van der Waals surface area contributed by atoms with Crippen LogP contribution >= 0.6 is 0 Å². The summed E-state index contributed by atoms with van der Waals surface area (Å²) in [4.78, 5) is 3.41. The molecule has 0 spiro atoms. The first-order valence-electron chi connectivity index (χ1n) is 8.13. The molecule has 0 radical (unpaired) electrons. The molecule has 3 aromatic rings. The molecular formula is C21H25NO. The van der Waals surface area contributed by atoms with Gasteiger partial charge in [0.15, 0.2) is 0 Å². The van der Waals surface area contributed by atoms with Crippen LogP contribution in [0.2, 0.25) is 0 Å². The van der Waals surface area contributed by atoms with Crippen molar-refractivity contribution in [3.8, 4) is 11.3 Å². The summed E-state index contributed by atoms with van der Waals surface area (Å²) in [7, 11) is 0. The average Bonchev–Trinajstić information content (AvgIpc) is 3.06. The van der Waals surface area contributed by atoms with Crippen LogP contribution in [0.3, 0.4) is 0 Å². The molecule has 1 N–H and O–H groups in total. The van der Waals surface area contributed by atoms with Crippen LogP contribution in [0.1, 0.15) is 43.3 Å². The number of allylic oxidation sites excluding steroid dienone is 1. The number of hydrogen-bond acceptors (Lipinski definition) is 1. The molecule has 2 heteroatoms. The zero-order valence-corrected chi connectivity index (χ0v) is 14.7. The van der Waals surface area contributed by atoms with Crippen LogP contribution in [0.4, 0.5) is 0 Å². The zero-order chi connectivity index (χ0) is 17.0. The van der Waals surface area contributed by atoms with Crippen molar-refractivity contribution in [2.24, 2.45) is 0 Å². The Hall–Kier alpha value is -2.48. The number of furan rings is 1. The van der Waals surface area contributed by atoms with E-state index in [1.807, 2.05) is 45.0 Å². The van der Waals surface area contributed by atoms with Gasteiger partial charge in [0.1, 0.15) is 11.3 Å². The van der Waals surface area contributed by atoms with Gasteiger partial charge < -0.3 is 9.40 Å². The van der Waals surface area contributed by atoms with E-state index in [0.29, 0.717) is 0 Å². The number of benzene rings is 1. The van der Waals surface area contributed by atoms with E-state index in [0.717, 1.165) is 39.2 Å². The molecule has 0 atom stereocenters. The summed E-state index contributed by atoms with van der Waals surface area (Å²) in [5.74, 6) is 0.890. The van der Waals surface area contributed by atoms with Crippen LogP contribution < -0.4 is 0 Å². The molecule has 0 unspecified atom stereocenters. The van der Waals surface area contributed by atoms with Gasteiger partial charge >= 0.3 is 0 Å². The second-order valence-corrected chi connectivity index (χ2v) is 5.21. The summed E-state index contributed by atoms with van der Waals surface area (Å²) in [5, 5.41) is 1.10. The summed E-state index contributed by atoms with van der Waals surface area (Å²) in [6.07, 6.45) is 6.05. The number of aromatic nitrogens is 1. The van der Waals surface area contributed by atoms with Crippen LogP contribution in [-0.2, 0) is 0 Å². The monoisotopic (exact) mass is 307 g/mol. The smallest absolute Gasteiger partial charge is 0.145 e. The summed E-state index contributed by atoms with van der Waals surface area (Å²) in [6, 6.07) is 8.08. The number of hydrogen-bond donors (Lipinski definition) is 1. The molecule has 0 saturated heterocycles. The molecule has 0 fully saturated rings. The Morgan fingerprint density at radius 2 is 1.74 bits per heavy atom. The van der Waals surface area contributed by atoms with Crippen molar-refractivity contribution in [1.82, 2.24) is 4.98 Å². The van der Waals surface area contributed by atoms with Crippen molar-refractivity contribution in [3.63, 3.8) is 0 Å². The van der Waals surface area contributed by atoms with Gasteiger partial charge in [0.2, 0.25) is 0 Å². The van der Waals surface area contributed by atoms with Crippen LogP contribution in [-0.4, -0.2) is 4.98 Å². The highest BCUT2D eigenvalue weighted by atomic mass is 16.3. The van der Waals surface area contributed by atoms with Gasteiger partial charge in [-0.25, -0.2) is 0 Å². The van der Waals surface area contributed by atoms with Crippen molar-refractivity contribution in [2.75, 3.05) is 0 Å². The second kappa shape index (κ2) is 7.19. The van der Waals surface area contributed by atoms with Gasteiger partial charge in [-0.05, 0) is 26.8 Å². The van der Waals surface area contributed by atoms with Crippen LogP contribution in [0.15, 0.2) is 41.3 Å². The van der Waals surface area contributed by atoms with Gasteiger partial charge in [-0.3, -0.25) is 0 Å². The first-order chi connectivity index (χ1) is 11.2. The number of para-hydroxylation sites is 1. The van der Waals surface area contributed by atoms with E-state index >= 15 is 0 Å². The molecule has 2 nitrogen and oxygen atoms in total. The molecule has 0 aliphatic carbocycles. The molecule has 0 aliphatic rings. The highest BCUT2D eigenvalue weighted by Gasteiger charge is 2.20. The number of aryl methyl sites for hydroxylation is 2. The number of nitrogens with one attached hydrogen (secondary N) is 1. The molecular weight excluding hydrogens is 282 g/mol. The Morgan fingerprint density at radius 3 is 2.39 bits per heavy atom. The molecule has 0 saturated carbocycles. The first-order valence-corrected chi connectivity index (χ1v) is 8.13. The number of fused-ring (bicyclic) bond motifs is 1. The van der Waals surface area contributed by atoms with Crippen LogP contribution in [0.25, 0.3) is 34.4 Å². The van der Waals surface area contributed by atoms with Crippen LogP contribution in [0, 0.1) is 13.8 Å². The van der Waals surface area contributed by atoms with Crippen molar-refractivity contribution in [1.29, 1.82) is 0 Å². The molecule has 0 bridgehead atoms. The van der Waals surface area contributed by atoms with Crippen molar-refractivity contribution in [3.05, 3.63) is 59.4 Å². The van der Waals surface area contributed by atoms with Gasteiger partial charge in [0.05, 0.1) is 0 Å². The largest absolute Gasteiger partial charge is 0.455 e. The molecule has 2 aromatic heterocycles. The summed E-state index contributed by atoms with van der Waals surface area (Å²) < 4.78 is 6.13. The highest BCUT2D eigenvalue weighted by molar-refractivity contribution is 5.96. The third-order valence-electron chi connectivity index (χ3n) is 3.82. The summed E-state index contributed by atoms with van der Waals surface area (Å²) in [5.41, 5.74) is 6.51. The van der Waals surface area contributed by atoms with Crippen molar-refractivity contribution >= 4 is 23.1 Å². The lowest BCUT2D eigenvalue weighted by Gasteiger charge is -2.01. The Morgan fingerprint density at radius 1 is 1.04 bits per heavy atom. The lowest BCUT2D eigenvalue weighted by Crippen LogP contribution is -1.82. The van der Waals surface area contributed by atoms with E-state index in [1.165, 1.54) is 5.56 Å². The van der Waals surface area contributed by atoms with Crippen molar-refractivity contribution < 1.29 is 4.42 Å². The molecule has 3 rings (SSSR count). The lowest BCUT2D eigenvalue weighted by atomic mass is 10.0. The fraction of sp³-hybridized carbons (Fsp3) is 0.238. The normalized spacial score (nSPS) is 10.8. The summed E-state index contributed by atoms with van der Waals surface area (Å²) in [6.45, 7) is 14.2. The average molecular weight is 307 g/mol. The number of H-pyrrole nitrogens is 1. The van der Waals surface area contributed by atoms with E-state index in [2.05, 4.69) is 43.6 Å². The predicted octanol–water partition coefficient (Wildman–Crippen LogP) is 6.75. The molecule has 120 valence electrons. The topological polar surface area (TPSA) is 28.9 Å². The molecule has 1 aromatic carbocycles. The Kier molecular flexibility index (Phi) is 5.28. The first kappa shape index (κ1) is 16.9. The third kappa shape index (κ3) is 2.89. The minimum absolute atomic E-state index is 0.890. The molecule has 0 amide bonds. The Labute approximate surface area is 138 Å². The highest BCUT2D eigenvalue weighted by Crippen LogP contribution is 2.39. The minimum Gasteiger partial charge on any atom is -0.455 e. The van der Waals surface area contributed by atoms with E-state index in [-0.39, 0.29) is 0 Å².